The molecule has 0 saturated carbocycles. The van der Waals surface area contributed by atoms with Gasteiger partial charge in [-0.2, -0.15) is 0 Å². The zero-order valence-electron chi connectivity index (χ0n) is 6.52. The predicted octanol–water partition coefficient (Wildman–Crippen LogP) is -0.286. The van der Waals surface area contributed by atoms with Crippen LogP contribution < -0.4 is 11.1 Å². The van der Waals surface area contributed by atoms with Gasteiger partial charge in [0.15, 0.2) is 0 Å². The van der Waals surface area contributed by atoms with Gasteiger partial charge >= 0.3 is 0 Å². The van der Waals surface area contributed by atoms with Crippen molar-refractivity contribution in [2.75, 3.05) is 26.8 Å². The van der Waals surface area contributed by atoms with Crippen LogP contribution in [-0.2, 0) is 4.74 Å². The van der Waals surface area contributed by atoms with E-state index in [1.807, 2.05) is 7.05 Å². The Morgan fingerprint density at radius 3 is 2.60 bits per heavy atom. The van der Waals surface area contributed by atoms with Crippen molar-refractivity contribution in [3.8, 4) is 0 Å². The molecule has 0 atom stereocenters. The number of hydrogen-bond acceptors (Lipinski definition) is 3. The molecule has 10 heavy (non-hydrogen) atoms. The minimum absolute atomic E-state index is 0.00694. The van der Waals surface area contributed by atoms with Crippen molar-refractivity contribution in [2.45, 2.75) is 18.4 Å². The molecule has 0 aromatic carbocycles. The van der Waals surface area contributed by atoms with Crippen molar-refractivity contribution >= 4 is 0 Å². The highest BCUT2D eigenvalue weighted by atomic mass is 16.5. The van der Waals surface area contributed by atoms with Crippen LogP contribution >= 0.6 is 0 Å². The second-order valence-corrected chi connectivity index (χ2v) is 3.01. The smallest absolute Gasteiger partial charge is 0.0484 e. The Labute approximate surface area is 61.9 Å². The van der Waals surface area contributed by atoms with E-state index in [1.165, 1.54) is 0 Å². The number of hydrogen-bond donors (Lipinski definition) is 2. The lowest BCUT2D eigenvalue weighted by Gasteiger charge is -2.32. The first-order valence-corrected chi connectivity index (χ1v) is 3.78. The highest BCUT2D eigenvalue weighted by molar-refractivity contribution is 4.87. The van der Waals surface area contributed by atoms with Gasteiger partial charge in [-0.15, -0.1) is 0 Å². The van der Waals surface area contributed by atoms with Crippen molar-refractivity contribution in [1.82, 2.24) is 5.32 Å². The Hall–Kier alpha value is -0.120. The minimum atomic E-state index is -0.00694. The molecule has 1 heterocycles. The Kier molecular flexibility index (Phi) is 2.65. The van der Waals surface area contributed by atoms with Gasteiger partial charge < -0.3 is 15.8 Å². The maximum absolute atomic E-state index is 6.03. The van der Waals surface area contributed by atoms with Gasteiger partial charge in [-0.25, -0.2) is 0 Å². The van der Waals surface area contributed by atoms with Crippen LogP contribution in [0.4, 0.5) is 0 Å². The summed E-state index contributed by atoms with van der Waals surface area (Å²) in [7, 11) is 1.93. The largest absolute Gasteiger partial charge is 0.381 e. The van der Waals surface area contributed by atoms with E-state index >= 15 is 0 Å². The highest BCUT2D eigenvalue weighted by Crippen LogP contribution is 2.15. The molecule has 3 nitrogen and oxygen atoms in total. The average Bonchev–Trinajstić information content (AvgIpc) is 1.89. The van der Waals surface area contributed by atoms with Crippen molar-refractivity contribution in [3.63, 3.8) is 0 Å². The van der Waals surface area contributed by atoms with Gasteiger partial charge in [0.05, 0.1) is 0 Å². The Morgan fingerprint density at radius 1 is 1.50 bits per heavy atom. The lowest BCUT2D eigenvalue weighted by atomic mass is 9.91. The summed E-state index contributed by atoms with van der Waals surface area (Å²) in [4.78, 5) is 0. The zero-order chi connectivity index (χ0) is 7.45. The fourth-order valence-corrected chi connectivity index (χ4v) is 1.31. The third kappa shape index (κ3) is 1.94. The quantitative estimate of drug-likeness (QED) is 0.560. The molecule has 0 radical (unpaired) electrons. The summed E-state index contributed by atoms with van der Waals surface area (Å²) in [6.07, 6.45) is 1.96. The van der Waals surface area contributed by atoms with Crippen molar-refractivity contribution in [1.29, 1.82) is 0 Å². The molecule has 3 heteroatoms. The summed E-state index contributed by atoms with van der Waals surface area (Å²) < 4.78 is 5.20. The number of likely N-dealkylation sites (N-methyl/N-ethyl adjacent to an activating group) is 1. The molecule has 0 amide bonds. The van der Waals surface area contributed by atoms with Crippen LogP contribution in [-0.4, -0.2) is 32.3 Å². The molecule has 1 aliphatic heterocycles. The summed E-state index contributed by atoms with van der Waals surface area (Å²) in [6, 6.07) is 0. The summed E-state index contributed by atoms with van der Waals surface area (Å²) in [5.74, 6) is 0. The molecular formula is C7H16N2O. The Balaban J connectivity index is 2.32. The SMILES string of the molecule is CNCC1(N)CCOCC1. The molecule has 0 aromatic rings. The van der Waals surface area contributed by atoms with Crippen molar-refractivity contribution < 1.29 is 4.74 Å². The number of rotatable bonds is 2. The minimum Gasteiger partial charge on any atom is -0.381 e. The average molecular weight is 144 g/mol. The number of ether oxygens (including phenoxy) is 1. The molecule has 0 spiro atoms. The highest BCUT2D eigenvalue weighted by Gasteiger charge is 2.26. The van der Waals surface area contributed by atoms with Gasteiger partial charge in [-0.3, -0.25) is 0 Å². The maximum atomic E-state index is 6.03. The second kappa shape index (κ2) is 3.32. The molecule has 0 bridgehead atoms. The van der Waals surface area contributed by atoms with Crippen LogP contribution in [0.25, 0.3) is 0 Å². The van der Waals surface area contributed by atoms with Crippen LogP contribution in [0.1, 0.15) is 12.8 Å². The Morgan fingerprint density at radius 2 is 2.10 bits per heavy atom. The molecule has 1 fully saturated rings. The standard InChI is InChI=1S/C7H16N2O/c1-9-6-7(8)2-4-10-5-3-7/h9H,2-6,8H2,1H3. The molecule has 1 rings (SSSR count). The normalized spacial score (nSPS) is 24.6. The van der Waals surface area contributed by atoms with Gasteiger partial charge in [0.1, 0.15) is 0 Å². The zero-order valence-corrected chi connectivity index (χ0v) is 6.52. The second-order valence-electron chi connectivity index (χ2n) is 3.01. The van der Waals surface area contributed by atoms with Gasteiger partial charge in [-0.05, 0) is 19.9 Å². The first kappa shape index (κ1) is 7.98. The van der Waals surface area contributed by atoms with Crippen LogP contribution in [0.5, 0.6) is 0 Å². The summed E-state index contributed by atoms with van der Waals surface area (Å²) in [6.45, 7) is 2.53. The van der Waals surface area contributed by atoms with E-state index in [2.05, 4.69) is 5.32 Å². The summed E-state index contributed by atoms with van der Waals surface area (Å²) in [5.41, 5.74) is 6.02. The molecule has 3 N–H and O–H groups in total. The third-order valence-corrected chi connectivity index (χ3v) is 2.02. The first-order chi connectivity index (χ1) is 4.77. The Bertz CT molecular complexity index is 94.3. The molecule has 0 aromatic heterocycles. The monoisotopic (exact) mass is 144 g/mol. The molecule has 60 valence electrons. The fourth-order valence-electron chi connectivity index (χ4n) is 1.31. The fraction of sp³-hybridized carbons (Fsp3) is 1.00. The predicted molar refractivity (Wildman–Crippen MR) is 40.9 cm³/mol. The van der Waals surface area contributed by atoms with E-state index in [0.29, 0.717) is 0 Å². The van der Waals surface area contributed by atoms with Gasteiger partial charge in [0.25, 0.3) is 0 Å². The van der Waals surface area contributed by atoms with Crippen molar-refractivity contribution in [3.05, 3.63) is 0 Å². The van der Waals surface area contributed by atoms with E-state index < -0.39 is 0 Å². The van der Waals surface area contributed by atoms with E-state index in [4.69, 9.17) is 10.5 Å². The first-order valence-electron chi connectivity index (χ1n) is 3.78. The van der Waals surface area contributed by atoms with Gasteiger partial charge in [0, 0.05) is 25.3 Å². The molecule has 0 aliphatic carbocycles. The molecular weight excluding hydrogens is 128 g/mol. The lowest BCUT2D eigenvalue weighted by molar-refractivity contribution is 0.0538. The van der Waals surface area contributed by atoms with Crippen LogP contribution in [0.15, 0.2) is 0 Å². The van der Waals surface area contributed by atoms with Gasteiger partial charge in [0.2, 0.25) is 0 Å². The van der Waals surface area contributed by atoms with E-state index in [-0.39, 0.29) is 5.54 Å². The van der Waals surface area contributed by atoms with E-state index in [1.54, 1.807) is 0 Å². The van der Waals surface area contributed by atoms with Crippen LogP contribution in [0.3, 0.4) is 0 Å². The molecule has 1 aliphatic rings. The van der Waals surface area contributed by atoms with Crippen molar-refractivity contribution in [2.24, 2.45) is 5.73 Å². The van der Waals surface area contributed by atoms with Crippen LogP contribution in [0.2, 0.25) is 0 Å². The summed E-state index contributed by atoms with van der Waals surface area (Å²) in [5, 5.41) is 3.10. The summed E-state index contributed by atoms with van der Waals surface area (Å²) >= 11 is 0. The molecule has 0 unspecified atom stereocenters. The van der Waals surface area contributed by atoms with E-state index in [9.17, 15) is 0 Å². The topological polar surface area (TPSA) is 47.3 Å². The third-order valence-electron chi connectivity index (χ3n) is 2.02. The van der Waals surface area contributed by atoms with E-state index in [0.717, 1.165) is 32.6 Å². The number of nitrogens with one attached hydrogen (secondary N) is 1. The lowest BCUT2D eigenvalue weighted by Crippen LogP contribution is -2.51. The molecule has 1 saturated heterocycles. The number of nitrogens with two attached hydrogens (primary N) is 1. The van der Waals surface area contributed by atoms with Gasteiger partial charge in [-0.1, -0.05) is 0 Å². The maximum Gasteiger partial charge on any atom is 0.0484 e. The van der Waals surface area contributed by atoms with Crippen LogP contribution in [0, 0.1) is 0 Å².